The number of amides is 2. The van der Waals surface area contributed by atoms with Crippen LogP contribution in [0.3, 0.4) is 0 Å². The molecule has 0 radical (unpaired) electrons. The average Bonchev–Trinajstić information content (AvgIpc) is 2.50. The molecule has 1 atom stereocenters. The van der Waals surface area contributed by atoms with Crippen LogP contribution in [-0.4, -0.2) is 49.6 Å². The quantitative estimate of drug-likeness (QED) is 0.855. The second kappa shape index (κ2) is 6.92. The van der Waals surface area contributed by atoms with Crippen molar-refractivity contribution in [3.8, 4) is 0 Å². The molecule has 0 spiro atoms. The minimum atomic E-state index is -0.457. The fraction of sp³-hybridized carbons (Fsp3) is 0.529. The van der Waals surface area contributed by atoms with Gasteiger partial charge in [-0.2, -0.15) is 0 Å². The zero-order chi connectivity index (χ0) is 16.3. The Morgan fingerprint density at radius 1 is 1.27 bits per heavy atom. The fourth-order valence-corrected chi connectivity index (χ4v) is 2.71. The maximum Gasteiger partial charge on any atom is 0.249 e. The van der Waals surface area contributed by atoms with Crippen LogP contribution in [0.15, 0.2) is 24.3 Å². The van der Waals surface area contributed by atoms with E-state index in [9.17, 15) is 9.59 Å². The van der Waals surface area contributed by atoms with Crippen molar-refractivity contribution < 1.29 is 14.3 Å². The first-order chi connectivity index (χ1) is 10.5. The van der Waals surface area contributed by atoms with Gasteiger partial charge in [-0.15, -0.1) is 0 Å². The molecule has 1 heterocycles. The first-order valence-corrected chi connectivity index (χ1v) is 7.65. The molecule has 1 aromatic carbocycles. The minimum absolute atomic E-state index is 0.0146. The van der Waals surface area contributed by atoms with E-state index in [0.717, 1.165) is 5.69 Å². The van der Waals surface area contributed by atoms with Crippen LogP contribution in [0.2, 0.25) is 0 Å². The van der Waals surface area contributed by atoms with E-state index in [0.29, 0.717) is 19.0 Å². The summed E-state index contributed by atoms with van der Waals surface area (Å²) in [5, 5.41) is 0. The smallest absolute Gasteiger partial charge is 0.249 e. The summed E-state index contributed by atoms with van der Waals surface area (Å²) in [5.41, 5.74) is 2.14. The van der Waals surface area contributed by atoms with Gasteiger partial charge in [0, 0.05) is 25.9 Å². The molecule has 0 aromatic heterocycles. The lowest BCUT2D eigenvalue weighted by Crippen LogP contribution is -2.58. The zero-order valence-corrected chi connectivity index (χ0v) is 13.7. The number of carbonyl (C=O) groups excluding carboxylic acids is 2. The highest BCUT2D eigenvalue weighted by Crippen LogP contribution is 2.23. The van der Waals surface area contributed by atoms with Crippen molar-refractivity contribution in [2.45, 2.75) is 32.7 Å². The van der Waals surface area contributed by atoms with Gasteiger partial charge in [0.25, 0.3) is 0 Å². The van der Waals surface area contributed by atoms with Gasteiger partial charge in [-0.3, -0.25) is 9.59 Å². The molecule has 120 valence electrons. The van der Waals surface area contributed by atoms with Crippen molar-refractivity contribution in [2.75, 3.05) is 31.7 Å². The highest BCUT2D eigenvalue weighted by molar-refractivity contribution is 6.00. The molecule has 1 aliphatic heterocycles. The number of hydrogen-bond donors (Lipinski definition) is 0. The van der Waals surface area contributed by atoms with E-state index in [4.69, 9.17) is 4.74 Å². The molecule has 0 bridgehead atoms. The van der Waals surface area contributed by atoms with Crippen LogP contribution >= 0.6 is 0 Å². The average molecular weight is 304 g/mol. The number of hydrogen-bond acceptors (Lipinski definition) is 3. The van der Waals surface area contributed by atoms with Gasteiger partial charge in [0.1, 0.15) is 12.6 Å². The van der Waals surface area contributed by atoms with Crippen molar-refractivity contribution in [3.63, 3.8) is 0 Å². The van der Waals surface area contributed by atoms with Crippen molar-refractivity contribution in [2.24, 2.45) is 0 Å². The molecule has 0 saturated carbocycles. The number of nitrogens with zero attached hydrogens (tertiary/aromatic N) is 2. The number of methoxy groups -OCH3 is 1. The Morgan fingerprint density at radius 2 is 1.91 bits per heavy atom. The summed E-state index contributed by atoms with van der Waals surface area (Å²) in [5.74, 6) is 0.276. The standard InChI is InChI=1S/C17H24N2O3/c1-12(2)14-5-7-15(8-6-14)19-10-9-18(13(3)17(19)21)16(20)11-22-4/h5-8,12-13H,9-11H2,1-4H3. The van der Waals surface area contributed by atoms with Crippen LogP contribution < -0.4 is 4.90 Å². The predicted octanol–water partition coefficient (Wildman–Crippen LogP) is 2.02. The first-order valence-electron chi connectivity index (χ1n) is 7.65. The Hall–Kier alpha value is -1.88. The Morgan fingerprint density at radius 3 is 2.45 bits per heavy atom. The summed E-state index contributed by atoms with van der Waals surface area (Å²) in [4.78, 5) is 27.8. The Labute approximate surface area is 131 Å². The van der Waals surface area contributed by atoms with E-state index >= 15 is 0 Å². The summed E-state index contributed by atoms with van der Waals surface area (Å²) < 4.78 is 4.87. The molecular formula is C17H24N2O3. The lowest BCUT2D eigenvalue weighted by atomic mass is 10.0. The van der Waals surface area contributed by atoms with Crippen LogP contribution in [0.4, 0.5) is 5.69 Å². The molecule has 1 saturated heterocycles. The van der Waals surface area contributed by atoms with E-state index < -0.39 is 6.04 Å². The van der Waals surface area contributed by atoms with Gasteiger partial charge in [0.15, 0.2) is 0 Å². The molecule has 1 aliphatic rings. The Kier molecular flexibility index (Phi) is 5.19. The normalized spacial score (nSPS) is 19.0. The lowest BCUT2D eigenvalue weighted by molar-refractivity contribution is -0.143. The van der Waals surface area contributed by atoms with Crippen LogP contribution in [0.25, 0.3) is 0 Å². The maximum atomic E-state index is 12.6. The number of benzene rings is 1. The van der Waals surface area contributed by atoms with Gasteiger partial charge in [0.2, 0.25) is 11.8 Å². The number of piperazine rings is 1. The van der Waals surface area contributed by atoms with Gasteiger partial charge in [-0.05, 0) is 30.5 Å². The maximum absolute atomic E-state index is 12.6. The number of anilines is 1. The monoisotopic (exact) mass is 304 g/mol. The van der Waals surface area contributed by atoms with E-state index in [1.165, 1.54) is 12.7 Å². The van der Waals surface area contributed by atoms with E-state index in [-0.39, 0.29) is 18.4 Å². The molecule has 2 amide bonds. The fourth-order valence-electron chi connectivity index (χ4n) is 2.71. The van der Waals surface area contributed by atoms with Crippen LogP contribution in [-0.2, 0) is 14.3 Å². The van der Waals surface area contributed by atoms with Gasteiger partial charge < -0.3 is 14.5 Å². The molecule has 5 nitrogen and oxygen atoms in total. The van der Waals surface area contributed by atoms with Gasteiger partial charge in [-0.1, -0.05) is 26.0 Å². The Bertz CT molecular complexity index is 539. The zero-order valence-electron chi connectivity index (χ0n) is 13.7. The third kappa shape index (κ3) is 3.30. The van der Waals surface area contributed by atoms with Crippen LogP contribution in [0.1, 0.15) is 32.3 Å². The molecule has 1 unspecified atom stereocenters. The lowest BCUT2D eigenvalue weighted by Gasteiger charge is -2.39. The second-order valence-corrected chi connectivity index (χ2v) is 5.93. The molecule has 2 rings (SSSR count). The molecule has 22 heavy (non-hydrogen) atoms. The summed E-state index contributed by atoms with van der Waals surface area (Å²) in [7, 11) is 1.48. The number of carbonyl (C=O) groups is 2. The Balaban J connectivity index is 2.12. The molecular weight excluding hydrogens is 280 g/mol. The highest BCUT2D eigenvalue weighted by Gasteiger charge is 2.34. The van der Waals surface area contributed by atoms with Crippen molar-refractivity contribution in [1.82, 2.24) is 4.90 Å². The summed E-state index contributed by atoms with van der Waals surface area (Å²) in [6.45, 7) is 7.11. The topological polar surface area (TPSA) is 49.9 Å². The molecule has 1 fully saturated rings. The summed E-state index contributed by atoms with van der Waals surface area (Å²) in [6, 6.07) is 7.61. The first kappa shape index (κ1) is 16.5. The highest BCUT2D eigenvalue weighted by atomic mass is 16.5. The molecule has 1 aromatic rings. The molecule has 0 aliphatic carbocycles. The van der Waals surface area contributed by atoms with E-state index in [2.05, 4.69) is 26.0 Å². The third-order valence-electron chi connectivity index (χ3n) is 4.12. The van der Waals surface area contributed by atoms with Crippen molar-refractivity contribution in [3.05, 3.63) is 29.8 Å². The van der Waals surface area contributed by atoms with Crippen LogP contribution in [0, 0.1) is 0 Å². The van der Waals surface area contributed by atoms with Gasteiger partial charge in [-0.25, -0.2) is 0 Å². The summed E-state index contributed by atoms with van der Waals surface area (Å²) >= 11 is 0. The van der Waals surface area contributed by atoms with Gasteiger partial charge >= 0.3 is 0 Å². The van der Waals surface area contributed by atoms with E-state index in [1.54, 1.807) is 16.7 Å². The summed E-state index contributed by atoms with van der Waals surface area (Å²) in [6.07, 6.45) is 0. The number of rotatable bonds is 4. The van der Waals surface area contributed by atoms with Crippen LogP contribution in [0.5, 0.6) is 0 Å². The van der Waals surface area contributed by atoms with E-state index in [1.807, 2.05) is 12.1 Å². The second-order valence-electron chi connectivity index (χ2n) is 5.93. The largest absolute Gasteiger partial charge is 0.375 e. The number of ether oxygens (including phenoxy) is 1. The van der Waals surface area contributed by atoms with Crippen molar-refractivity contribution in [1.29, 1.82) is 0 Å². The third-order valence-corrected chi connectivity index (χ3v) is 4.12. The minimum Gasteiger partial charge on any atom is -0.375 e. The van der Waals surface area contributed by atoms with Crippen molar-refractivity contribution >= 4 is 17.5 Å². The van der Waals surface area contributed by atoms with Gasteiger partial charge in [0.05, 0.1) is 0 Å². The SMILES string of the molecule is COCC(=O)N1CCN(c2ccc(C(C)C)cc2)C(=O)C1C. The predicted molar refractivity (Wildman–Crippen MR) is 85.9 cm³/mol. The molecule has 5 heteroatoms. The molecule has 0 N–H and O–H groups in total.